The van der Waals surface area contributed by atoms with E-state index in [1.54, 1.807) is 18.3 Å². The maximum atomic E-state index is 13.6. The Bertz CT molecular complexity index is 900. The van der Waals surface area contributed by atoms with Crippen LogP contribution >= 0.6 is 23.1 Å². The zero-order valence-corrected chi connectivity index (χ0v) is 15.5. The lowest BCUT2D eigenvalue weighted by Crippen LogP contribution is -2.23. The number of carbonyl (C=O) groups is 1. The first-order valence-electron chi connectivity index (χ1n) is 7.90. The Balaban J connectivity index is 1.56. The number of thiazole rings is 1. The third kappa shape index (κ3) is 4.68. The fourth-order valence-corrected chi connectivity index (χ4v) is 3.91. The molecule has 0 radical (unpaired) electrons. The predicted octanol–water partition coefficient (Wildman–Crippen LogP) is 5.35. The Kier molecular flexibility index (Phi) is 6.00. The number of carbonyl (C=O) groups excluding carboxylic acids is 1. The monoisotopic (exact) mass is 390 g/mol. The van der Waals surface area contributed by atoms with Gasteiger partial charge in [-0.05, 0) is 19.1 Å². The molecule has 0 saturated carbocycles. The molecule has 3 aromatic rings. The molecule has 0 unspecified atom stereocenters. The summed E-state index contributed by atoms with van der Waals surface area (Å²) in [7, 11) is 0. The number of hydrogen-bond donors (Lipinski definition) is 1. The van der Waals surface area contributed by atoms with Crippen LogP contribution in [0, 0.1) is 11.6 Å². The highest BCUT2D eigenvalue weighted by molar-refractivity contribution is 7.99. The van der Waals surface area contributed by atoms with Crippen molar-refractivity contribution < 1.29 is 13.6 Å². The summed E-state index contributed by atoms with van der Waals surface area (Å²) in [4.78, 5) is 16.8. The molecule has 1 aromatic heterocycles. The van der Waals surface area contributed by atoms with Crippen LogP contribution in [0.5, 0.6) is 0 Å². The van der Waals surface area contributed by atoms with Crippen molar-refractivity contribution in [2.75, 3.05) is 5.32 Å². The summed E-state index contributed by atoms with van der Waals surface area (Å²) in [5.41, 5.74) is 1.93. The SMILES string of the molecule is C[C@H](SCc1csc(-c2ccccc2)n1)C(=O)Nc1ccc(F)cc1F. The molecular weight excluding hydrogens is 374 g/mol. The zero-order valence-electron chi connectivity index (χ0n) is 13.9. The number of nitrogens with one attached hydrogen (secondary N) is 1. The molecule has 1 heterocycles. The number of aromatic nitrogens is 1. The van der Waals surface area contributed by atoms with Crippen LogP contribution in [0.15, 0.2) is 53.9 Å². The van der Waals surface area contributed by atoms with Crippen LogP contribution in [0.3, 0.4) is 0 Å². The van der Waals surface area contributed by atoms with E-state index in [1.165, 1.54) is 17.8 Å². The Labute approximate surface area is 158 Å². The molecular formula is C19H16F2N2OS2. The molecule has 0 spiro atoms. The van der Waals surface area contributed by atoms with E-state index in [9.17, 15) is 13.6 Å². The summed E-state index contributed by atoms with van der Waals surface area (Å²) >= 11 is 2.97. The fraction of sp³-hybridized carbons (Fsp3) is 0.158. The molecule has 2 aromatic carbocycles. The van der Waals surface area contributed by atoms with Gasteiger partial charge >= 0.3 is 0 Å². The normalized spacial score (nSPS) is 12.0. The quantitative estimate of drug-likeness (QED) is 0.617. The topological polar surface area (TPSA) is 42.0 Å². The van der Waals surface area contributed by atoms with Crippen LogP contribution in [0.2, 0.25) is 0 Å². The lowest BCUT2D eigenvalue weighted by atomic mass is 10.2. The first-order valence-corrected chi connectivity index (χ1v) is 9.83. The molecule has 0 fully saturated rings. The van der Waals surface area contributed by atoms with E-state index < -0.39 is 16.9 Å². The molecule has 1 atom stereocenters. The van der Waals surface area contributed by atoms with Gasteiger partial charge in [-0.2, -0.15) is 0 Å². The van der Waals surface area contributed by atoms with Crippen LogP contribution in [0.1, 0.15) is 12.6 Å². The summed E-state index contributed by atoms with van der Waals surface area (Å²) in [6.45, 7) is 1.74. The van der Waals surface area contributed by atoms with Gasteiger partial charge in [-0.15, -0.1) is 23.1 Å². The molecule has 0 aliphatic rings. The number of amides is 1. The molecule has 26 heavy (non-hydrogen) atoms. The van der Waals surface area contributed by atoms with Gasteiger partial charge in [-0.25, -0.2) is 13.8 Å². The number of benzene rings is 2. The second-order valence-corrected chi connectivity index (χ2v) is 7.76. The number of nitrogens with zero attached hydrogens (tertiary/aromatic N) is 1. The first kappa shape index (κ1) is 18.5. The van der Waals surface area contributed by atoms with E-state index in [0.717, 1.165) is 28.4 Å². The molecule has 3 nitrogen and oxygen atoms in total. The van der Waals surface area contributed by atoms with Crippen molar-refractivity contribution in [3.63, 3.8) is 0 Å². The van der Waals surface area contributed by atoms with Crippen molar-refractivity contribution in [1.82, 2.24) is 4.98 Å². The Morgan fingerprint density at radius 3 is 2.73 bits per heavy atom. The summed E-state index contributed by atoms with van der Waals surface area (Å²) in [5.74, 6) is -1.23. The number of halogens is 2. The smallest absolute Gasteiger partial charge is 0.237 e. The summed E-state index contributed by atoms with van der Waals surface area (Å²) < 4.78 is 26.5. The summed E-state index contributed by atoms with van der Waals surface area (Å²) in [6, 6.07) is 13.0. The first-order chi connectivity index (χ1) is 12.5. The van der Waals surface area contributed by atoms with Gasteiger partial charge < -0.3 is 5.32 Å². The third-order valence-electron chi connectivity index (χ3n) is 3.61. The van der Waals surface area contributed by atoms with Crippen molar-refractivity contribution in [3.8, 4) is 10.6 Å². The van der Waals surface area contributed by atoms with Crippen molar-refractivity contribution in [3.05, 3.63) is 71.2 Å². The van der Waals surface area contributed by atoms with Gasteiger partial charge in [0.05, 0.1) is 16.6 Å². The summed E-state index contributed by atoms with van der Waals surface area (Å²) in [6.07, 6.45) is 0. The number of thioether (sulfide) groups is 1. The van der Waals surface area contributed by atoms with E-state index in [-0.39, 0.29) is 11.6 Å². The van der Waals surface area contributed by atoms with Gasteiger partial charge in [0.1, 0.15) is 16.6 Å². The van der Waals surface area contributed by atoms with E-state index >= 15 is 0 Å². The minimum Gasteiger partial charge on any atom is -0.323 e. The Morgan fingerprint density at radius 1 is 1.23 bits per heavy atom. The third-order valence-corrected chi connectivity index (χ3v) is 5.73. The Hall–Kier alpha value is -2.25. The molecule has 3 rings (SSSR count). The van der Waals surface area contributed by atoms with E-state index in [4.69, 9.17) is 0 Å². The van der Waals surface area contributed by atoms with Gasteiger partial charge in [-0.3, -0.25) is 4.79 Å². The van der Waals surface area contributed by atoms with Crippen molar-refractivity contribution in [2.24, 2.45) is 0 Å². The maximum Gasteiger partial charge on any atom is 0.237 e. The largest absolute Gasteiger partial charge is 0.323 e. The molecule has 0 saturated heterocycles. The lowest BCUT2D eigenvalue weighted by Gasteiger charge is -2.12. The van der Waals surface area contributed by atoms with Gasteiger partial charge in [-0.1, -0.05) is 30.3 Å². The number of hydrogen-bond acceptors (Lipinski definition) is 4. The van der Waals surface area contributed by atoms with Gasteiger partial charge in [0.25, 0.3) is 0 Å². The van der Waals surface area contributed by atoms with Crippen LogP contribution < -0.4 is 5.32 Å². The van der Waals surface area contributed by atoms with E-state index in [1.807, 2.05) is 35.7 Å². The van der Waals surface area contributed by atoms with Crippen molar-refractivity contribution in [2.45, 2.75) is 17.9 Å². The van der Waals surface area contributed by atoms with Gasteiger partial charge in [0.2, 0.25) is 5.91 Å². The molecule has 7 heteroatoms. The average Bonchev–Trinajstić information content (AvgIpc) is 3.11. The zero-order chi connectivity index (χ0) is 18.5. The van der Waals surface area contributed by atoms with Crippen LogP contribution in [0.4, 0.5) is 14.5 Å². The van der Waals surface area contributed by atoms with Crippen LogP contribution in [-0.4, -0.2) is 16.1 Å². The highest BCUT2D eigenvalue weighted by atomic mass is 32.2. The maximum absolute atomic E-state index is 13.6. The molecule has 134 valence electrons. The number of anilines is 1. The average molecular weight is 390 g/mol. The number of rotatable bonds is 6. The fourth-order valence-electron chi connectivity index (χ4n) is 2.20. The van der Waals surface area contributed by atoms with Crippen LogP contribution in [0.25, 0.3) is 10.6 Å². The van der Waals surface area contributed by atoms with Gasteiger partial charge in [0, 0.05) is 22.8 Å². The second kappa shape index (κ2) is 8.42. The summed E-state index contributed by atoms with van der Waals surface area (Å²) in [5, 5.41) is 4.99. The van der Waals surface area contributed by atoms with E-state index in [2.05, 4.69) is 10.3 Å². The predicted molar refractivity (Wildman–Crippen MR) is 103 cm³/mol. The Morgan fingerprint density at radius 2 is 2.00 bits per heavy atom. The molecule has 1 N–H and O–H groups in total. The molecule has 1 amide bonds. The highest BCUT2D eigenvalue weighted by Crippen LogP contribution is 2.26. The molecule has 0 aliphatic heterocycles. The second-order valence-electron chi connectivity index (χ2n) is 5.58. The standard InChI is InChI=1S/C19H16F2N2OS2/c1-12(18(24)23-17-8-7-14(20)9-16(17)21)25-10-15-11-26-19(22-15)13-5-3-2-4-6-13/h2-9,11-12H,10H2,1H3,(H,23,24)/t12-/m0/s1. The van der Waals surface area contributed by atoms with Crippen molar-refractivity contribution in [1.29, 1.82) is 0 Å². The minimum absolute atomic E-state index is 0.0242. The van der Waals surface area contributed by atoms with Gasteiger partial charge in [0.15, 0.2) is 0 Å². The van der Waals surface area contributed by atoms with Crippen molar-refractivity contribution >= 4 is 34.7 Å². The molecule has 0 bridgehead atoms. The van der Waals surface area contributed by atoms with Crippen LogP contribution in [-0.2, 0) is 10.5 Å². The lowest BCUT2D eigenvalue weighted by molar-refractivity contribution is -0.115. The minimum atomic E-state index is -0.789. The molecule has 0 aliphatic carbocycles. The highest BCUT2D eigenvalue weighted by Gasteiger charge is 2.16. The van der Waals surface area contributed by atoms with E-state index in [0.29, 0.717) is 5.75 Å².